The minimum atomic E-state index is -4.41. The smallest absolute Gasteiger partial charge is 0.416 e. The number of halogens is 4. The average Bonchev–Trinajstić information content (AvgIpc) is 3.52. The number of hydrogen-bond acceptors (Lipinski definition) is 9. The molecule has 0 N–H and O–H groups in total. The highest BCUT2D eigenvalue weighted by molar-refractivity contribution is 7.98. The van der Waals surface area contributed by atoms with Crippen LogP contribution in [0.3, 0.4) is 0 Å². The first kappa shape index (κ1) is 39.1. The van der Waals surface area contributed by atoms with Crippen LogP contribution >= 0.6 is 34.7 Å². The van der Waals surface area contributed by atoms with Gasteiger partial charge in [-0.15, -0.1) is 11.3 Å². The normalized spacial score (nSPS) is 11.6. The molecule has 0 aliphatic rings. The molecular formula is C35H39ClF3N5O4S2. The van der Waals surface area contributed by atoms with E-state index in [0.717, 1.165) is 41.2 Å². The lowest BCUT2D eigenvalue weighted by Crippen LogP contribution is -2.40. The predicted molar refractivity (Wildman–Crippen MR) is 190 cm³/mol. The number of rotatable bonds is 17. The Labute approximate surface area is 302 Å². The Balaban J connectivity index is 1.58. The molecule has 50 heavy (non-hydrogen) atoms. The van der Waals surface area contributed by atoms with Gasteiger partial charge in [0.05, 0.1) is 22.9 Å². The van der Waals surface area contributed by atoms with E-state index in [4.69, 9.17) is 16.3 Å². The molecule has 0 saturated heterocycles. The van der Waals surface area contributed by atoms with Crippen LogP contribution in [0.15, 0.2) is 70.6 Å². The number of thiophene rings is 1. The Morgan fingerprint density at radius 3 is 2.20 bits per heavy atom. The van der Waals surface area contributed by atoms with E-state index >= 15 is 0 Å². The number of carbonyl (C=O) groups excluding carboxylic acids is 2. The topological polar surface area (TPSA) is 97.6 Å². The van der Waals surface area contributed by atoms with Crippen molar-refractivity contribution in [1.29, 1.82) is 0 Å². The van der Waals surface area contributed by atoms with Crippen molar-refractivity contribution in [3.05, 3.63) is 97.1 Å². The van der Waals surface area contributed by atoms with Crippen molar-refractivity contribution in [1.82, 2.24) is 24.6 Å². The van der Waals surface area contributed by atoms with Gasteiger partial charge in [-0.25, -0.2) is 4.68 Å². The number of aryl methyl sites for hydroxylation is 1. The summed E-state index contributed by atoms with van der Waals surface area (Å²) < 4.78 is 46.2. The first-order chi connectivity index (χ1) is 23.9. The quantitative estimate of drug-likeness (QED) is 0.0827. The molecule has 1 amide bonds. The van der Waals surface area contributed by atoms with Crippen LogP contribution in [0.1, 0.15) is 48.9 Å². The van der Waals surface area contributed by atoms with Crippen LogP contribution < -0.4 is 5.56 Å². The highest BCUT2D eigenvalue weighted by Gasteiger charge is 2.30. The lowest BCUT2D eigenvalue weighted by atomic mass is 10.0. The molecule has 2 aromatic heterocycles. The van der Waals surface area contributed by atoms with Gasteiger partial charge in [-0.1, -0.05) is 73.6 Å². The molecule has 4 rings (SSSR count). The van der Waals surface area contributed by atoms with Crippen molar-refractivity contribution in [2.24, 2.45) is 0 Å². The van der Waals surface area contributed by atoms with Gasteiger partial charge in [-0.2, -0.15) is 23.3 Å². The Bertz CT molecular complexity index is 1780. The fraction of sp³-hybridized carbons (Fsp3) is 0.400. The standard InChI is InChI=1S/C35H39ClF3N5O4S2/c1-4-42(5-2)19-20-43(21-24-7-9-25(10-8-24)26-11-13-27(14-12-26)35(37,38)39)31(45)22-44-34(49-23-28-15-17-30(36)50-28)40-33(47)29(41-44)16-18-32(46)48-6-3/h7-15,17H,4-6,16,18-23H2,1-3H3. The van der Waals surface area contributed by atoms with Crippen LogP contribution in [-0.4, -0.2) is 69.2 Å². The zero-order chi connectivity index (χ0) is 36.3. The summed E-state index contributed by atoms with van der Waals surface area (Å²) in [5.41, 5.74) is 0.995. The fourth-order valence-corrected chi connectivity index (χ4v) is 7.09. The van der Waals surface area contributed by atoms with Crippen LogP contribution in [0.5, 0.6) is 0 Å². The van der Waals surface area contributed by atoms with Crippen molar-refractivity contribution >= 4 is 46.6 Å². The van der Waals surface area contributed by atoms with Gasteiger partial charge in [0.25, 0.3) is 5.56 Å². The van der Waals surface area contributed by atoms with Gasteiger partial charge in [0.2, 0.25) is 5.91 Å². The molecule has 9 nitrogen and oxygen atoms in total. The van der Waals surface area contributed by atoms with Crippen LogP contribution in [0, 0.1) is 0 Å². The van der Waals surface area contributed by atoms with E-state index in [9.17, 15) is 27.6 Å². The number of esters is 1. The van der Waals surface area contributed by atoms with Crippen LogP contribution in [0.25, 0.3) is 11.1 Å². The van der Waals surface area contributed by atoms with Crippen molar-refractivity contribution in [2.75, 3.05) is 32.8 Å². The predicted octanol–water partition coefficient (Wildman–Crippen LogP) is 7.20. The Kier molecular flexibility index (Phi) is 14.5. The molecule has 0 radical (unpaired) electrons. The maximum atomic E-state index is 14.0. The Hall–Kier alpha value is -3.72. The molecule has 0 fully saturated rings. The zero-order valence-electron chi connectivity index (χ0n) is 28.0. The van der Waals surface area contributed by atoms with Crippen molar-refractivity contribution in [3.8, 4) is 11.1 Å². The highest BCUT2D eigenvalue weighted by atomic mass is 35.5. The molecule has 0 unspecified atom stereocenters. The number of aromatic nitrogens is 3. The first-order valence-corrected chi connectivity index (χ1v) is 18.4. The van der Waals surface area contributed by atoms with E-state index in [1.54, 1.807) is 17.9 Å². The second-order valence-electron chi connectivity index (χ2n) is 11.2. The average molecular weight is 750 g/mol. The largest absolute Gasteiger partial charge is 0.466 e. The third-order valence-electron chi connectivity index (χ3n) is 7.84. The molecule has 0 saturated carbocycles. The summed E-state index contributed by atoms with van der Waals surface area (Å²) in [6.07, 6.45) is -4.45. The molecule has 15 heteroatoms. The summed E-state index contributed by atoms with van der Waals surface area (Å²) in [7, 11) is 0. The fourth-order valence-electron chi connectivity index (χ4n) is 5.02. The minimum Gasteiger partial charge on any atom is -0.466 e. The van der Waals surface area contributed by atoms with E-state index in [1.807, 2.05) is 44.2 Å². The number of nitrogens with zero attached hydrogens (tertiary/aromatic N) is 5. The van der Waals surface area contributed by atoms with Gasteiger partial charge in [-0.3, -0.25) is 14.4 Å². The van der Waals surface area contributed by atoms with Gasteiger partial charge in [0, 0.05) is 36.7 Å². The van der Waals surface area contributed by atoms with Crippen LogP contribution in [0.4, 0.5) is 13.2 Å². The molecule has 2 heterocycles. The summed E-state index contributed by atoms with van der Waals surface area (Å²) in [6.45, 7) is 8.74. The van der Waals surface area contributed by atoms with Crippen molar-refractivity contribution < 1.29 is 27.5 Å². The van der Waals surface area contributed by atoms with Gasteiger partial charge in [0.1, 0.15) is 12.2 Å². The number of likely N-dealkylation sites (N-methyl/N-ethyl adjacent to an activating group) is 1. The van der Waals surface area contributed by atoms with Crippen LogP contribution in [-0.2, 0) is 45.8 Å². The number of alkyl halides is 3. The number of amides is 1. The van der Waals surface area contributed by atoms with E-state index in [0.29, 0.717) is 28.7 Å². The summed E-state index contributed by atoms with van der Waals surface area (Å²) in [6, 6.07) is 16.0. The highest BCUT2D eigenvalue weighted by Crippen LogP contribution is 2.31. The summed E-state index contributed by atoms with van der Waals surface area (Å²) in [5, 5.41) is 4.77. The number of thioether (sulfide) groups is 1. The second-order valence-corrected chi connectivity index (χ2v) is 14.0. The Morgan fingerprint density at radius 1 is 0.960 bits per heavy atom. The monoisotopic (exact) mass is 749 g/mol. The molecule has 0 atom stereocenters. The summed E-state index contributed by atoms with van der Waals surface area (Å²) in [4.78, 5) is 48.1. The number of benzene rings is 2. The summed E-state index contributed by atoms with van der Waals surface area (Å²) >= 11 is 8.77. The molecule has 0 spiro atoms. The molecule has 0 aliphatic heterocycles. The van der Waals surface area contributed by atoms with Gasteiger partial charge < -0.3 is 14.5 Å². The molecule has 0 aliphatic carbocycles. The zero-order valence-corrected chi connectivity index (χ0v) is 30.4. The molecule has 0 bridgehead atoms. The van der Waals surface area contributed by atoms with Gasteiger partial charge >= 0.3 is 12.1 Å². The van der Waals surface area contributed by atoms with Crippen LogP contribution in [0.2, 0.25) is 4.34 Å². The molecular weight excluding hydrogens is 711 g/mol. The van der Waals surface area contributed by atoms with E-state index < -0.39 is 23.3 Å². The van der Waals surface area contributed by atoms with E-state index in [2.05, 4.69) is 15.0 Å². The number of hydrogen-bond donors (Lipinski definition) is 0. The molecule has 4 aromatic rings. The maximum absolute atomic E-state index is 14.0. The molecule has 2 aromatic carbocycles. The van der Waals surface area contributed by atoms with E-state index in [1.165, 1.54) is 39.9 Å². The lowest BCUT2D eigenvalue weighted by Gasteiger charge is -2.27. The minimum absolute atomic E-state index is 0.0152. The lowest BCUT2D eigenvalue weighted by molar-refractivity contribution is -0.143. The molecule has 268 valence electrons. The summed E-state index contributed by atoms with van der Waals surface area (Å²) in [5.74, 6) is -0.255. The van der Waals surface area contributed by atoms with E-state index in [-0.39, 0.29) is 49.3 Å². The number of ether oxygens (including phenoxy) is 1. The SMILES string of the molecule is CCOC(=O)CCc1nn(CC(=O)N(CCN(CC)CC)Cc2ccc(-c3ccc(C(F)(F)F)cc3)cc2)c(SCc2ccc(Cl)s2)nc1=O. The maximum Gasteiger partial charge on any atom is 0.416 e. The number of carbonyl (C=O) groups is 2. The third kappa shape index (κ3) is 11.4. The first-order valence-electron chi connectivity index (χ1n) is 16.2. The Morgan fingerprint density at radius 2 is 1.62 bits per heavy atom. The third-order valence-corrected chi connectivity index (χ3v) is 10.3. The van der Waals surface area contributed by atoms with Crippen molar-refractivity contribution in [3.63, 3.8) is 0 Å². The second kappa shape index (κ2) is 18.5. The van der Waals surface area contributed by atoms with Crippen molar-refractivity contribution in [2.45, 2.75) is 63.8 Å². The van der Waals surface area contributed by atoms with Gasteiger partial charge in [-0.05, 0) is 61.0 Å². The van der Waals surface area contributed by atoms with Gasteiger partial charge in [0.15, 0.2) is 5.16 Å².